The van der Waals surface area contributed by atoms with E-state index in [9.17, 15) is 4.79 Å². The van der Waals surface area contributed by atoms with Crippen LogP contribution in [0.4, 0.5) is 0 Å². The molecule has 1 aliphatic rings. The van der Waals surface area contributed by atoms with Crippen molar-refractivity contribution in [3.05, 3.63) is 71.3 Å². The third-order valence-electron chi connectivity index (χ3n) is 6.22. The summed E-state index contributed by atoms with van der Waals surface area (Å²) in [5, 5.41) is 0. The maximum Gasteiger partial charge on any atom is 0.214 e. The van der Waals surface area contributed by atoms with Crippen LogP contribution < -0.4 is 0 Å². The lowest BCUT2D eigenvalue weighted by atomic mass is 10.0. The molecule has 164 valence electrons. The lowest BCUT2D eigenvalue weighted by Gasteiger charge is -2.11. The van der Waals surface area contributed by atoms with E-state index in [0.717, 1.165) is 35.2 Å². The van der Waals surface area contributed by atoms with Gasteiger partial charge in [-0.25, -0.2) is 9.97 Å². The van der Waals surface area contributed by atoms with Gasteiger partial charge in [0.1, 0.15) is 56.5 Å². The lowest BCUT2D eigenvalue weighted by Crippen LogP contribution is -2.02. The first kappa shape index (κ1) is 19.3. The molecule has 0 spiro atoms. The van der Waals surface area contributed by atoms with Crippen LogP contribution in [0, 0.1) is 6.92 Å². The van der Waals surface area contributed by atoms with E-state index >= 15 is 0 Å². The molecule has 0 saturated heterocycles. The number of hydrogen-bond donors (Lipinski definition) is 0. The number of aromatic nitrogens is 4. The summed E-state index contributed by atoms with van der Waals surface area (Å²) in [5.41, 5.74) is 6.15. The second-order valence-corrected chi connectivity index (χ2v) is 8.76. The maximum atomic E-state index is 13.2. The summed E-state index contributed by atoms with van der Waals surface area (Å²) in [6, 6.07) is 15.1. The van der Waals surface area contributed by atoms with Gasteiger partial charge in [-0.1, -0.05) is 31.2 Å². The summed E-state index contributed by atoms with van der Waals surface area (Å²) in [5.74, 6) is 2.75. The summed E-state index contributed by atoms with van der Waals surface area (Å²) in [7, 11) is 0. The maximum absolute atomic E-state index is 13.2. The molecule has 0 unspecified atom stereocenters. The van der Waals surface area contributed by atoms with Crippen LogP contribution >= 0.6 is 11.7 Å². The standard InChI is InChI=1S/C26H16N4O3S/c1-3-13-9-11-17(33-13)19-22-21(18(16-10-8-12(2)32-16)23-24(19)30-34-29-23)27-20-14-6-4-5-7-15(14)26(31)25(20)28-22/h4-11H,3H2,1-2H3. The summed E-state index contributed by atoms with van der Waals surface area (Å²) in [6.45, 7) is 3.93. The molecular formula is C26H16N4O3S. The number of aryl methyl sites for hydroxylation is 2. The molecular weight excluding hydrogens is 448 g/mol. The number of nitrogens with zero attached hydrogens (tertiary/aromatic N) is 4. The zero-order valence-electron chi connectivity index (χ0n) is 18.2. The van der Waals surface area contributed by atoms with Gasteiger partial charge in [-0.05, 0) is 31.2 Å². The van der Waals surface area contributed by atoms with Gasteiger partial charge in [-0.2, -0.15) is 8.75 Å². The molecule has 0 fully saturated rings. The van der Waals surface area contributed by atoms with E-state index in [4.69, 9.17) is 18.8 Å². The lowest BCUT2D eigenvalue weighted by molar-refractivity contribution is 0.103. The Kier molecular flexibility index (Phi) is 3.93. The number of fused-ring (bicyclic) bond motifs is 5. The molecule has 4 aromatic heterocycles. The summed E-state index contributed by atoms with van der Waals surface area (Å²) in [4.78, 5) is 23.2. The van der Waals surface area contributed by atoms with Crippen LogP contribution in [0.15, 0.2) is 57.4 Å². The smallest absolute Gasteiger partial charge is 0.214 e. The Morgan fingerprint density at radius 1 is 0.765 bits per heavy atom. The fourth-order valence-corrected chi connectivity index (χ4v) is 5.18. The molecule has 4 heterocycles. The third kappa shape index (κ3) is 2.54. The first-order valence-electron chi connectivity index (χ1n) is 10.9. The summed E-state index contributed by atoms with van der Waals surface area (Å²) >= 11 is 1.11. The number of furan rings is 2. The van der Waals surface area contributed by atoms with Crippen molar-refractivity contribution in [3.63, 3.8) is 0 Å². The second kappa shape index (κ2) is 6.91. The molecule has 0 amide bonds. The molecule has 0 N–H and O–H groups in total. The highest BCUT2D eigenvalue weighted by atomic mass is 32.1. The first-order chi connectivity index (χ1) is 16.6. The van der Waals surface area contributed by atoms with Crippen molar-refractivity contribution in [2.24, 2.45) is 0 Å². The van der Waals surface area contributed by atoms with Crippen LogP contribution in [0.25, 0.3) is 56.0 Å². The van der Waals surface area contributed by atoms with E-state index in [0.29, 0.717) is 61.7 Å². The minimum atomic E-state index is -0.133. The Morgan fingerprint density at radius 2 is 1.41 bits per heavy atom. The van der Waals surface area contributed by atoms with Crippen LogP contribution in [-0.2, 0) is 6.42 Å². The van der Waals surface area contributed by atoms with Gasteiger partial charge in [-0.15, -0.1) is 0 Å². The van der Waals surface area contributed by atoms with Crippen molar-refractivity contribution in [1.29, 1.82) is 0 Å². The Labute approximate surface area is 197 Å². The molecule has 2 aromatic carbocycles. The quantitative estimate of drug-likeness (QED) is 0.305. The number of rotatable bonds is 3. The number of hydrogen-bond acceptors (Lipinski definition) is 8. The summed E-state index contributed by atoms with van der Waals surface area (Å²) < 4.78 is 21.3. The van der Waals surface area contributed by atoms with E-state index in [-0.39, 0.29) is 5.78 Å². The minimum Gasteiger partial charge on any atom is -0.461 e. The molecule has 7 rings (SSSR count). The Hall–Kier alpha value is -4.17. The predicted molar refractivity (Wildman–Crippen MR) is 129 cm³/mol. The Morgan fingerprint density at radius 3 is 2.06 bits per heavy atom. The largest absolute Gasteiger partial charge is 0.461 e. The zero-order valence-corrected chi connectivity index (χ0v) is 19.1. The van der Waals surface area contributed by atoms with E-state index < -0.39 is 0 Å². The van der Waals surface area contributed by atoms with Crippen LogP contribution in [0.2, 0.25) is 0 Å². The van der Waals surface area contributed by atoms with Crippen molar-refractivity contribution in [3.8, 4) is 33.9 Å². The fraction of sp³-hybridized carbons (Fsp3) is 0.115. The van der Waals surface area contributed by atoms with Crippen LogP contribution in [-0.4, -0.2) is 24.5 Å². The van der Waals surface area contributed by atoms with Crippen molar-refractivity contribution >= 4 is 39.6 Å². The molecule has 0 saturated carbocycles. The van der Waals surface area contributed by atoms with Crippen LogP contribution in [0.1, 0.15) is 34.5 Å². The van der Waals surface area contributed by atoms with Crippen molar-refractivity contribution in [1.82, 2.24) is 18.7 Å². The highest BCUT2D eigenvalue weighted by Gasteiger charge is 2.33. The minimum absolute atomic E-state index is 0.133. The molecule has 0 atom stereocenters. The van der Waals surface area contributed by atoms with Gasteiger partial charge in [0.15, 0.2) is 0 Å². The fourth-order valence-electron chi connectivity index (χ4n) is 4.62. The van der Waals surface area contributed by atoms with Crippen molar-refractivity contribution in [2.45, 2.75) is 20.3 Å². The predicted octanol–water partition coefficient (Wildman–Crippen LogP) is 6.24. The van der Waals surface area contributed by atoms with Gasteiger partial charge in [-0.3, -0.25) is 4.79 Å². The highest BCUT2D eigenvalue weighted by molar-refractivity contribution is 7.00. The van der Waals surface area contributed by atoms with Gasteiger partial charge < -0.3 is 8.83 Å². The first-order valence-corrected chi connectivity index (χ1v) is 11.7. The van der Waals surface area contributed by atoms with E-state index in [1.165, 1.54) is 0 Å². The molecule has 8 heteroatoms. The van der Waals surface area contributed by atoms with Crippen LogP contribution in [0.3, 0.4) is 0 Å². The second-order valence-electron chi connectivity index (χ2n) is 8.23. The van der Waals surface area contributed by atoms with Gasteiger partial charge in [0.25, 0.3) is 0 Å². The molecule has 1 aliphatic carbocycles. The highest BCUT2D eigenvalue weighted by Crippen LogP contribution is 2.44. The number of benzene rings is 2. The third-order valence-corrected chi connectivity index (χ3v) is 6.75. The Balaban J connectivity index is 1.67. The molecule has 7 nitrogen and oxygen atoms in total. The van der Waals surface area contributed by atoms with Crippen LogP contribution in [0.5, 0.6) is 0 Å². The van der Waals surface area contributed by atoms with Crippen molar-refractivity contribution < 1.29 is 13.6 Å². The number of carbonyl (C=O) groups is 1. The monoisotopic (exact) mass is 464 g/mol. The SMILES string of the molecule is CCc1ccc(-c2c3nsnc3c(-c3ccc(C)o3)c3nc4c(nc23)C(=O)c2ccccc2-4)o1. The summed E-state index contributed by atoms with van der Waals surface area (Å²) in [6.07, 6.45) is 0.759. The number of carbonyl (C=O) groups excluding carboxylic acids is 1. The average molecular weight is 465 g/mol. The van der Waals surface area contributed by atoms with Gasteiger partial charge in [0.05, 0.1) is 22.9 Å². The topological polar surface area (TPSA) is 94.9 Å². The Bertz CT molecular complexity index is 1790. The normalized spacial score (nSPS) is 12.6. The van der Waals surface area contributed by atoms with E-state index in [1.54, 1.807) is 0 Å². The zero-order chi connectivity index (χ0) is 23.0. The van der Waals surface area contributed by atoms with Gasteiger partial charge in [0, 0.05) is 17.5 Å². The number of ketones is 1. The molecule has 6 aromatic rings. The van der Waals surface area contributed by atoms with E-state index in [1.807, 2.05) is 62.4 Å². The molecule has 0 radical (unpaired) electrons. The molecule has 0 aliphatic heterocycles. The van der Waals surface area contributed by atoms with E-state index in [2.05, 4.69) is 8.75 Å². The average Bonchev–Trinajstić information content (AvgIpc) is 3.65. The molecule has 0 bridgehead atoms. The van der Waals surface area contributed by atoms with Crippen molar-refractivity contribution in [2.75, 3.05) is 0 Å². The van der Waals surface area contributed by atoms with Gasteiger partial charge >= 0.3 is 0 Å². The van der Waals surface area contributed by atoms with Gasteiger partial charge in [0.2, 0.25) is 5.78 Å². The molecule has 34 heavy (non-hydrogen) atoms.